The van der Waals surface area contributed by atoms with Gasteiger partial charge in [-0.2, -0.15) is 5.10 Å². The number of carbonyl (C=O) groups excluding carboxylic acids is 1. The average molecular weight is 530 g/mol. The highest BCUT2D eigenvalue weighted by atomic mass is 32.2. The van der Waals surface area contributed by atoms with E-state index >= 15 is 0 Å². The number of nitrogens with zero attached hydrogens (tertiary/aromatic N) is 5. The Kier molecular flexibility index (Phi) is 11.5. The number of anilines is 2. The van der Waals surface area contributed by atoms with Crippen LogP contribution in [0.3, 0.4) is 0 Å². The summed E-state index contributed by atoms with van der Waals surface area (Å²) in [7, 11) is 0.990. The summed E-state index contributed by atoms with van der Waals surface area (Å²) >= 11 is 0. The van der Waals surface area contributed by atoms with Gasteiger partial charge in [0.2, 0.25) is 0 Å². The SMILES string of the molecule is C#C.C=NN(C)CC1CN(c2ccc(-c3ccc(N4CCS(=O)CC4)nc3)c(F)c2)C(=O)O1.CC(C)C. The predicted octanol–water partition coefficient (Wildman–Crippen LogP) is 4.24. The maximum absolute atomic E-state index is 14.9. The zero-order chi connectivity index (χ0) is 27.5. The second kappa shape index (κ2) is 14.3. The number of hydrogen-bond donors (Lipinski definition) is 0. The van der Waals surface area contributed by atoms with Crippen molar-refractivity contribution in [2.45, 2.75) is 26.9 Å². The minimum atomic E-state index is -0.750. The highest BCUT2D eigenvalue weighted by molar-refractivity contribution is 7.85. The molecule has 0 bridgehead atoms. The Morgan fingerprint density at radius 3 is 2.43 bits per heavy atom. The Labute approximate surface area is 222 Å². The van der Waals surface area contributed by atoms with Crippen LogP contribution >= 0.6 is 0 Å². The third-order valence-corrected chi connectivity index (χ3v) is 6.68. The number of benzene rings is 1. The molecule has 1 amide bonds. The van der Waals surface area contributed by atoms with Gasteiger partial charge in [-0.1, -0.05) is 20.8 Å². The fraction of sp³-hybridized carbons (Fsp3) is 0.444. The first-order valence-electron chi connectivity index (χ1n) is 12.0. The van der Waals surface area contributed by atoms with Gasteiger partial charge in [0.1, 0.15) is 17.7 Å². The number of carbonyl (C=O) groups is 1. The van der Waals surface area contributed by atoms with Crippen LogP contribution in [0.15, 0.2) is 41.6 Å². The minimum absolute atomic E-state index is 0.314. The van der Waals surface area contributed by atoms with Crippen molar-refractivity contribution in [3.05, 3.63) is 42.3 Å². The van der Waals surface area contributed by atoms with E-state index in [4.69, 9.17) is 4.74 Å². The van der Waals surface area contributed by atoms with E-state index in [1.165, 1.54) is 11.0 Å². The van der Waals surface area contributed by atoms with E-state index in [0.717, 1.165) is 11.7 Å². The molecule has 1 atom stereocenters. The highest BCUT2D eigenvalue weighted by Gasteiger charge is 2.33. The van der Waals surface area contributed by atoms with Crippen molar-refractivity contribution in [3.8, 4) is 24.0 Å². The number of cyclic esters (lactones) is 1. The van der Waals surface area contributed by atoms with Gasteiger partial charge in [-0.25, -0.2) is 14.2 Å². The van der Waals surface area contributed by atoms with Crippen molar-refractivity contribution < 1.29 is 18.1 Å². The number of rotatable bonds is 6. The van der Waals surface area contributed by atoms with Gasteiger partial charge in [0, 0.05) is 66.5 Å². The molecule has 0 radical (unpaired) electrons. The van der Waals surface area contributed by atoms with E-state index in [1.807, 2.05) is 12.1 Å². The van der Waals surface area contributed by atoms with Crippen molar-refractivity contribution in [2.24, 2.45) is 11.0 Å². The molecule has 8 nitrogen and oxygen atoms in total. The molecule has 1 aromatic heterocycles. The van der Waals surface area contributed by atoms with Crippen LogP contribution in [0.4, 0.5) is 20.7 Å². The van der Waals surface area contributed by atoms with Gasteiger partial charge < -0.3 is 9.64 Å². The first kappa shape index (κ1) is 29.8. The summed E-state index contributed by atoms with van der Waals surface area (Å²) in [6.07, 6.45) is 8.76. The Balaban J connectivity index is 0.000000733. The topological polar surface area (TPSA) is 78.3 Å². The number of terminal acetylenes is 1. The highest BCUT2D eigenvalue weighted by Crippen LogP contribution is 2.29. The summed E-state index contributed by atoms with van der Waals surface area (Å²) in [5.41, 5.74) is 1.49. The first-order valence-corrected chi connectivity index (χ1v) is 13.5. The standard InChI is InChI=1S/C21H24FN5O3S.C4H10.C2H2/c1-23-25(2)13-17-14-27(21(28)30-17)16-4-5-18(19(22)11-16)15-3-6-20(24-12-15)26-7-9-31(29)10-8-26;1-4(2)3;1-2/h3-6,11-12,17H,1,7-10,13-14H2,2H3;4H,1-3H3;1-2H. The summed E-state index contributed by atoms with van der Waals surface area (Å²) < 4.78 is 31.7. The van der Waals surface area contributed by atoms with Gasteiger partial charge in [-0.15, -0.1) is 12.8 Å². The van der Waals surface area contributed by atoms with Crippen molar-refractivity contribution >= 4 is 35.1 Å². The number of aromatic nitrogens is 1. The van der Waals surface area contributed by atoms with Gasteiger partial charge in [0.15, 0.2) is 0 Å². The largest absolute Gasteiger partial charge is 0.442 e. The first-order chi connectivity index (χ1) is 17.7. The van der Waals surface area contributed by atoms with Crippen molar-refractivity contribution in [1.29, 1.82) is 0 Å². The number of hydrazone groups is 1. The Hall–Kier alpha value is -3.45. The summed E-state index contributed by atoms with van der Waals surface area (Å²) in [6.45, 7) is 12.1. The molecule has 2 aliphatic rings. The number of halogens is 1. The number of likely N-dealkylation sites (N-methyl/N-ethyl adjacent to an activating group) is 1. The van der Waals surface area contributed by atoms with E-state index in [1.54, 1.807) is 30.4 Å². The predicted molar refractivity (Wildman–Crippen MR) is 150 cm³/mol. The van der Waals surface area contributed by atoms with Crippen LogP contribution in [0.5, 0.6) is 0 Å². The van der Waals surface area contributed by atoms with Gasteiger partial charge in [-0.05, 0) is 36.2 Å². The Bertz CT molecular complexity index is 1080. The summed E-state index contributed by atoms with van der Waals surface area (Å²) in [5, 5.41) is 5.35. The zero-order valence-corrected chi connectivity index (χ0v) is 22.8. The molecule has 2 saturated heterocycles. The number of ether oxygens (including phenoxy) is 1. The summed E-state index contributed by atoms with van der Waals surface area (Å²) in [6, 6.07) is 8.35. The fourth-order valence-corrected chi connectivity index (χ4v) is 4.74. The molecule has 1 unspecified atom stereocenters. The van der Waals surface area contributed by atoms with Crippen molar-refractivity contribution in [3.63, 3.8) is 0 Å². The Morgan fingerprint density at radius 1 is 1.24 bits per heavy atom. The molecule has 3 heterocycles. The van der Waals surface area contributed by atoms with E-state index in [-0.39, 0.29) is 6.10 Å². The zero-order valence-electron chi connectivity index (χ0n) is 22.0. The molecule has 0 spiro atoms. The normalized spacial score (nSPS) is 17.3. The van der Waals surface area contributed by atoms with Crippen LogP contribution in [-0.2, 0) is 15.5 Å². The lowest BCUT2D eigenvalue weighted by atomic mass is 10.1. The molecule has 4 rings (SSSR count). The van der Waals surface area contributed by atoms with Crippen LogP contribution in [0.2, 0.25) is 0 Å². The second-order valence-electron chi connectivity index (χ2n) is 9.23. The molecule has 0 N–H and O–H groups in total. The molecule has 2 fully saturated rings. The average Bonchev–Trinajstić information content (AvgIpc) is 3.25. The van der Waals surface area contributed by atoms with Crippen LogP contribution in [0, 0.1) is 24.6 Å². The van der Waals surface area contributed by atoms with Gasteiger partial charge >= 0.3 is 6.09 Å². The monoisotopic (exact) mass is 529 g/mol. The van der Waals surface area contributed by atoms with Gasteiger partial charge in [0.05, 0.1) is 18.8 Å². The molecule has 10 heteroatoms. The van der Waals surface area contributed by atoms with Gasteiger partial charge in [0.25, 0.3) is 0 Å². The molecule has 37 heavy (non-hydrogen) atoms. The van der Waals surface area contributed by atoms with Gasteiger partial charge in [-0.3, -0.25) is 14.1 Å². The molecule has 1 aromatic carbocycles. The van der Waals surface area contributed by atoms with E-state index in [9.17, 15) is 13.4 Å². The number of pyridine rings is 1. The summed E-state index contributed by atoms with van der Waals surface area (Å²) in [5.74, 6) is 2.46. The van der Waals surface area contributed by atoms with Crippen molar-refractivity contribution in [1.82, 2.24) is 9.99 Å². The molecular weight excluding hydrogens is 493 g/mol. The third kappa shape index (κ3) is 8.57. The maximum Gasteiger partial charge on any atom is 0.414 e. The van der Waals surface area contributed by atoms with E-state index in [0.29, 0.717) is 54.5 Å². The lowest BCUT2D eigenvalue weighted by molar-refractivity contribution is 0.118. The summed E-state index contributed by atoms with van der Waals surface area (Å²) in [4.78, 5) is 20.2. The molecule has 200 valence electrons. The third-order valence-electron chi connectivity index (χ3n) is 5.41. The van der Waals surface area contributed by atoms with Crippen LogP contribution in [0.25, 0.3) is 11.1 Å². The molecule has 2 aromatic rings. The molecule has 0 aliphatic carbocycles. The molecule has 2 aliphatic heterocycles. The second-order valence-corrected chi connectivity index (χ2v) is 10.9. The smallest absolute Gasteiger partial charge is 0.414 e. The lowest BCUT2D eigenvalue weighted by Gasteiger charge is -2.27. The fourth-order valence-electron chi connectivity index (χ4n) is 3.69. The van der Waals surface area contributed by atoms with Crippen LogP contribution in [0.1, 0.15) is 20.8 Å². The minimum Gasteiger partial charge on any atom is -0.442 e. The number of hydrogen-bond acceptors (Lipinski definition) is 7. The molecule has 0 saturated carbocycles. The lowest BCUT2D eigenvalue weighted by Crippen LogP contribution is -2.38. The molecular formula is C27H36FN5O3S. The van der Waals surface area contributed by atoms with E-state index in [2.05, 4.69) is 55.3 Å². The van der Waals surface area contributed by atoms with Crippen LogP contribution < -0.4 is 9.80 Å². The van der Waals surface area contributed by atoms with E-state index < -0.39 is 22.7 Å². The quantitative estimate of drug-likeness (QED) is 0.317. The Morgan fingerprint density at radius 2 is 1.89 bits per heavy atom. The number of amides is 1. The maximum atomic E-state index is 14.9. The van der Waals surface area contributed by atoms with Crippen LogP contribution in [-0.4, -0.2) is 77.8 Å². The van der Waals surface area contributed by atoms with Crippen molar-refractivity contribution in [2.75, 3.05) is 54.5 Å².